The van der Waals surface area contributed by atoms with E-state index in [1.165, 1.54) is 0 Å². The second kappa shape index (κ2) is 9.40. The van der Waals surface area contributed by atoms with Gasteiger partial charge >= 0.3 is 0 Å². The Morgan fingerprint density at radius 2 is 1.86 bits per heavy atom. The van der Waals surface area contributed by atoms with E-state index in [4.69, 9.17) is 9.47 Å². The Hall–Kier alpha value is -0.160. The molecule has 0 amide bonds. The van der Waals surface area contributed by atoms with Crippen LogP contribution in [-0.4, -0.2) is 62.7 Å². The van der Waals surface area contributed by atoms with Gasteiger partial charge in [-0.3, -0.25) is 0 Å². The minimum Gasteiger partial charge on any atom is -0.389 e. The summed E-state index contributed by atoms with van der Waals surface area (Å²) < 4.78 is 10.3. The molecular weight excluding hydrogens is 182 g/mol. The van der Waals surface area contributed by atoms with Gasteiger partial charge in [-0.1, -0.05) is 0 Å². The standard InChI is InChI=1S/C10H23NO3/c1-4-13-7-6-11(3)8-10(12)9-14-5-2/h10,12H,4-9H2,1-3H3. The van der Waals surface area contributed by atoms with E-state index in [1.54, 1.807) is 0 Å². The average Bonchev–Trinajstić information content (AvgIpc) is 2.15. The van der Waals surface area contributed by atoms with Gasteiger partial charge < -0.3 is 19.5 Å². The number of rotatable bonds is 9. The van der Waals surface area contributed by atoms with Crippen LogP contribution in [0.2, 0.25) is 0 Å². The van der Waals surface area contributed by atoms with Crippen molar-refractivity contribution in [1.82, 2.24) is 4.90 Å². The molecule has 1 N–H and O–H groups in total. The summed E-state index contributed by atoms with van der Waals surface area (Å²) in [6, 6.07) is 0. The van der Waals surface area contributed by atoms with Gasteiger partial charge in [0.1, 0.15) is 0 Å². The normalized spacial score (nSPS) is 13.5. The highest BCUT2D eigenvalue weighted by molar-refractivity contribution is 4.60. The maximum Gasteiger partial charge on any atom is 0.0900 e. The van der Waals surface area contributed by atoms with Crippen molar-refractivity contribution in [3.8, 4) is 0 Å². The fraction of sp³-hybridized carbons (Fsp3) is 1.00. The van der Waals surface area contributed by atoms with Crippen molar-refractivity contribution in [2.24, 2.45) is 0 Å². The van der Waals surface area contributed by atoms with Crippen molar-refractivity contribution < 1.29 is 14.6 Å². The third-order valence-corrected chi connectivity index (χ3v) is 1.86. The molecule has 0 aromatic rings. The van der Waals surface area contributed by atoms with Gasteiger partial charge in [-0.2, -0.15) is 0 Å². The van der Waals surface area contributed by atoms with Gasteiger partial charge in [-0.25, -0.2) is 0 Å². The molecule has 86 valence electrons. The van der Waals surface area contributed by atoms with Crippen LogP contribution >= 0.6 is 0 Å². The molecule has 0 aliphatic heterocycles. The molecule has 1 atom stereocenters. The van der Waals surface area contributed by atoms with Crippen LogP contribution in [0.3, 0.4) is 0 Å². The zero-order valence-electron chi connectivity index (χ0n) is 9.53. The molecule has 0 saturated carbocycles. The molecule has 0 spiro atoms. The number of hydrogen-bond acceptors (Lipinski definition) is 4. The van der Waals surface area contributed by atoms with Gasteiger partial charge in [0.05, 0.1) is 19.3 Å². The number of nitrogens with zero attached hydrogens (tertiary/aromatic N) is 1. The molecule has 0 saturated heterocycles. The first-order chi connectivity index (χ1) is 6.70. The summed E-state index contributed by atoms with van der Waals surface area (Å²) in [6.07, 6.45) is -0.401. The van der Waals surface area contributed by atoms with Crippen LogP contribution in [0.15, 0.2) is 0 Å². The van der Waals surface area contributed by atoms with Crippen molar-refractivity contribution >= 4 is 0 Å². The molecule has 4 nitrogen and oxygen atoms in total. The smallest absolute Gasteiger partial charge is 0.0900 e. The lowest BCUT2D eigenvalue weighted by molar-refractivity contribution is 0.0204. The second-order valence-electron chi connectivity index (χ2n) is 3.27. The number of aliphatic hydroxyl groups is 1. The van der Waals surface area contributed by atoms with Gasteiger partial charge in [0.2, 0.25) is 0 Å². The molecule has 0 radical (unpaired) electrons. The topological polar surface area (TPSA) is 41.9 Å². The van der Waals surface area contributed by atoms with E-state index in [1.807, 2.05) is 25.8 Å². The van der Waals surface area contributed by atoms with Crippen molar-refractivity contribution in [2.75, 3.05) is 46.6 Å². The highest BCUT2D eigenvalue weighted by Crippen LogP contribution is 1.91. The summed E-state index contributed by atoms with van der Waals surface area (Å²) in [4.78, 5) is 2.04. The van der Waals surface area contributed by atoms with Crippen LogP contribution in [0.25, 0.3) is 0 Å². The zero-order valence-corrected chi connectivity index (χ0v) is 9.53. The van der Waals surface area contributed by atoms with Gasteiger partial charge in [-0.05, 0) is 20.9 Å². The summed E-state index contributed by atoms with van der Waals surface area (Å²) >= 11 is 0. The Morgan fingerprint density at radius 1 is 1.21 bits per heavy atom. The molecule has 0 rings (SSSR count). The first kappa shape index (κ1) is 13.8. The summed E-state index contributed by atoms with van der Waals surface area (Å²) in [7, 11) is 1.97. The molecule has 0 aromatic carbocycles. The van der Waals surface area contributed by atoms with E-state index in [9.17, 15) is 5.11 Å². The monoisotopic (exact) mass is 205 g/mol. The average molecular weight is 205 g/mol. The van der Waals surface area contributed by atoms with E-state index >= 15 is 0 Å². The van der Waals surface area contributed by atoms with Crippen LogP contribution in [0.1, 0.15) is 13.8 Å². The lowest BCUT2D eigenvalue weighted by Crippen LogP contribution is -2.34. The number of aliphatic hydroxyl groups excluding tert-OH is 1. The summed E-state index contributed by atoms with van der Waals surface area (Å²) in [5.41, 5.74) is 0. The largest absolute Gasteiger partial charge is 0.389 e. The minimum atomic E-state index is -0.401. The fourth-order valence-electron chi connectivity index (χ4n) is 1.12. The van der Waals surface area contributed by atoms with Gasteiger partial charge in [0.15, 0.2) is 0 Å². The summed E-state index contributed by atoms with van der Waals surface area (Å²) in [6.45, 7) is 7.90. The first-order valence-corrected chi connectivity index (χ1v) is 5.22. The molecule has 0 aliphatic carbocycles. The van der Waals surface area contributed by atoms with Crippen molar-refractivity contribution in [3.63, 3.8) is 0 Å². The third-order valence-electron chi connectivity index (χ3n) is 1.86. The van der Waals surface area contributed by atoms with Crippen LogP contribution in [0, 0.1) is 0 Å². The Bertz CT molecular complexity index is 122. The number of hydrogen-bond donors (Lipinski definition) is 1. The maximum atomic E-state index is 9.50. The van der Waals surface area contributed by atoms with Crippen LogP contribution in [0.4, 0.5) is 0 Å². The van der Waals surface area contributed by atoms with Crippen LogP contribution < -0.4 is 0 Å². The number of likely N-dealkylation sites (N-methyl/N-ethyl adjacent to an activating group) is 1. The predicted molar refractivity (Wildman–Crippen MR) is 56.5 cm³/mol. The van der Waals surface area contributed by atoms with E-state index in [0.29, 0.717) is 26.4 Å². The Kier molecular flexibility index (Phi) is 9.29. The van der Waals surface area contributed by atoms with Crippen molar-refractivity contribution in [1.29, 1.82) is 0 Å². The van der Waals surface area contributed by atoms with Crippen molar-refractivity contribution in [3.05, 3.63) is 0 Å². The Balaban J connectivity index is 3.35. The zero-order chi connectivity index (χ0) is 10.8. The molecule has 4 heteroatoms. The highest BCUT2D eigenvalue weighted by Gasteiger charge is 2.07. The molecule has 0 fully saturated rings. The van der Waals surface area contributed by atoms with E-state index in [-0.39, 0.29) is 0 Å². The molecule has 0 aliphatic rings. The molecule has 1 unspecified atom stereocenters. The predicted octanol–water partition coefficient (Wildman–Crippen LogP) is 0.352. The van der Waals surface area contributed by atoms with E-state index in [2.05, 4.69) is 0 Å². The lowest BCUT2D eigenvalue weighted by Gasteiger charge is -2.20. The highest BCUT2D eigenvalue weighted by atomic mass is 16.5. The summed E-state index contributed by atoms with van der Waals surface area (Å²) in [5.74, 6) is 0. The Morgan fingerprint density at radius 3 is 2.43 bits per heavy atom. The first-order valence-electron chi connectivity index (χ1n) is 5.22. The second-order valence-corrected chi connectivity index (χ2v) is 3.27. The number of ether oxygens (including phenoxy) is 2. The SMILES string of the molecule is CCOCCN(C)CC(O)COCC. The van der Waals surface area contributed by atoms with Crippen molar-refractivity contribution in [2.45, 2.75) is 20.0 Å². The Labute approximate surface area is 86.8 Å². The molecule has 0 aromatic heterocycles. The molecule has 0 heterocycles. The van der Waals surface area contributed by atoms with Gasteiger partial charge in [-0.15, -0.1) is 0 Å². The lowest BCUT2D eigenvalue weighted by atomic mass is 10.3. The van der Waals surface area contributed by atoms with E-state index < -0.39 is 6.10 Å². The summed E-state index contributed by atoms with van der Waals surface area (Å²) in [5, 5.41) is 9.50. The van der Waals surface area contributed by atoms with E-state index in [0.717, 1.165) is 13.2 Å². The van der Waals surface area contributed by atoms with Crippen LogP contribution in [0.5, 0.6) is 0 Å². The van der Waals surface area contributed by atoms with Gasteiger partial charge in [0, 0.05) is 26.3 Å². The molecule has 0 bridgehead atoms. The minimum absolute atomic E-state index is 0.401. The van der Waals surface area contributed by atoms with Crippen LogP contribution in [-0.2, 0) is 9.47 Å². The maximum absolute atomic E-state index is 9.50. The fourth-order valence-corrected chi connectivity index (χ4v) is 1.12. The van der Waals surface area contributed by atoms with Gasteiger partial charge in [0.25, 0.3) is 0 Å². The molecule has 14 heavy (non-hydrogen) atoms. The quantitative estimate of drug-likeness (QED) is 0.552. The third kappa shape index (κ3) is 8.44. The molecular formula is C10H23NO3.